The summed E-state index contributed by atoms with van der Waals surface area (Å²) in [5.41, 5.74) is 8.70. The molecule has 4 nitrogen and oxygen atoms in total. The van der Waals surface area contributed by atoms with Gasteiger partial charge in [0.15, 0.2) is 5.11 Å². The summed E-state index contributed by atoms with van der Waals surface area (Å²) in [5, 5.41) is 3.91. The number of rotatable bonds is 4. The zero-order valence-electron chi connectivity index (χ0n) is 8.88. The van der Waals surface area contributed by atoms with Crippen LogP contribution in [0.2, 0.25) is 0 Å². The predicted octanol–water partition coefficient (Wildman–Crippen LogP) is 1.53. The number of nitrogens with zero attached hydrogens (tertiary/aromatic N) is 1. The highest BCUT2D eigenvalue weighted by Gasteiger charge is 1.88. The second kappa shape index (κ2) is 6.58. The van der Waals surface area contributed by atoms with Gasteiger partial charge in [-0.1, -0.05) is 18.2 Å². The van der Waals surface area contributed by atoms with E-state index in [1.54, 1.807) is 19.4 Å². The number of ether oxygens (including phenoxy) is 1. The molecule has 0 unspecified atom stereocenters. The molecule has 0 fully saturated rings. The zero-order valence-corrected chi connectivity index (χ0v) is 9.70. The summed E-state index contributed by atoms with van der Waals surface area (Å²) in [7, 11) is 1.64. The van der Waals surface area contributed by atoms with Gasteiger partial charge in [-0.3, -0.25) is 5.43 Å². The fraction of sp³-hybridized carbons (Fsp3) is 0.0909. The minimum atomic E-state index is 0.147. The molecule has 0 spiro atoms. The number of nitrogens with one attached hydrogen (secondary N) is 1. The Morgan fingerprint density at radius 3 is 2.69 bits per heavy atom. The van der Waals surface area contributed by atoms with Crippen molar-refractivity contribution in [2.75, 3.05) is 7.11 Å². The van der Waals surface area contributed by atoms with Crippen molar-refractivity contribution in [1.82, 2.24) is 5.43 Å². The van der Waals surface area contributed by atoms with Crippen LogP contribution in [0, 0.1) is 0 Å². The summed E-state index contributed by atoms with van der Waals surface area (Å²) in [4.78, 5) is 0. The fourth-order valence-electron chi connectivity index (χ4n) is 1.01. The van der Waals surface area contributed by atoms with Crippen LogP contribution in [0.25, 0.3) is 6.08 Å². The molecule has 0 bridgehead atoms. The third-order valence-electron chi connectivity index (χ3n) is 1.74. The number of nitrogens with two attached hydrogens (primary N) is 1. The lowest BCUT2D eigenvalue weighted by Crippen LogP contribution is -2.23. The van der Waals surface area contributed by atoms with Crippen molar-refractivity contribution in [3.8, 4) is 5.75 Å². The summed E-state index contributed by atoms with van der Waals surface area (Å²) in [5.74, 6) is 0.834. The number of thiocarbonyl (C=S) groups is 1. The maximum atomic E-state index is 5.19. The van der Waals surface area contributed by atoms with E-state index in [0.717, 1.165) is 11.3 Å². The van der Waals surface area contributed by atoms with E-state index >= 15 is 0 Å². The molecular formula is C11H13N3OS. The van der Waals surface area contributed by atoms with E-state index in [1.807, 2.05) is 30.3 Å². The highest BCUT2D eigenvalue weighted by Crippen LogP contribution is 2.11. The van der Waals surface area contributed by atoms with Crippen molar-refractivity contribution in [1.29, 1.82) is 0 Å². The first-order valence-electron chi connectivity index (χ1n) is 4.61. The van der Waals surface area contributed by atoms with Crippen LogP contribution in [0.4, 0.5) is 0 Å². The van der Waals surface area contributed by atoms with E-state index in [0.29, 0.717) is 0 Å². The molecule has 0 aliphatic rings. The van der Waals surface area contributed by atoms with Crippen molar-refractivity contribution in [2.24, 2.45) is 10.8 Å². The average molecular weight is 235 g/mol. The summed E-state index contributed by atoms with van der Waals surface area (Å²) in [6, 6.07) is 7.68. The van der Waals surface area contributed by atoms with Gasteiger partial charge < -0.3 is 10.5 Å². The predicted molar refractivity (Wildman–Crippen MR) is 70.4 cm³/mol. The molecule has 1 rings (SSSR count). The Hall–Kier alpha value is -1.88. The Morgan fingerprint density at radius 2 is 2.12 bits per heavy atom. The van der Waals surface area contributed by atoms with Crippen molar-refractivity contribution in [3.63, 3.8) is 0 Å². The monoisotopic (exact) mass is 235 g/mol. The first kappa shape index (κ1) is 12.2. The number of hydrogen-bond donors (Lipinski definition) is 2. The molecule has 0 aliphatic carbocycles. The molecule has 3 N–H and O–H groups in total. The number of benzene rings is 1. The second-order valence-electron chi connectivity index (χ2n) is 2.89. The standard InChI is InChI=1S/C11H13N3OS/c1-15-10-6-4-9(5-7-10)3-2-8-13-14-11(12)16/h2-8H,1H3,(H3,12,14,16). The normalized spacial score (nSPS) is 10.8. The lowest BCUT2D eigenvalue weighted by Gasteiger charge is -1.98. The van der Waals surface area contributed by atoms with Crippen molar-refractivity contribution < 1.29 is 4.74 Å². The molecule has 0 heterocycles. The van der Waals surface area contributed by atoms with E-state index in [2.05, 4.69) is 22.7 Å². The van der Waals surface area contributed by atoms with Crippen LogP contribution in [-0.2, 0) is 0 Å². The Balaban J connectivity index is 2.49. The molecule has 84 valence electrons. The second-order valence-corrected chi connectivity index (χ2v) is 3.33. The van der Waals surface area contributed by atoms with Crippen LogP contribution in [0.1, 0.15) is 5.56 Å². The minimum Gasteiger partial charge on any atom is -0.497 e. The van der Waals surface area contributed by atoms with Gasteiger partial charge in [-0.15, -0.1) is 0 Å². The van der Waals surface area contributed by atoms with E-state index in [-0.39, 0.29) is 5.11 Å². The van der Waals surface area contributed by atoms with Gasteiger partial charge >= 0.3 is 0 Å². The van der Waals surface area contributed by atoms with E-state index in [9.17, 15) is 0 Å². The van der Waals surface area contributed by atoms with Gasteiger partial charge in [0.1, 0.15) is 5.75 Å². The molecule has 0 amide bonds. The van der Waals surface area contributed by atoms with E-state index in [1.165, 1.54) is 0 Å². The molecular weight excluding hydrogens is 222 g/mol. The number of hydrazone groups is 1. The van der Waals surface area contributed by atoms with Gasteiger partial charge in [0.05, 0.1) is 7.11 Å². The van der Waals surface area contributed by atoms with Crippen LogP contribution in [0.15, 0.2) is 35.4 Å². The molecule has 5 heteroatoms. The topological polar surface area (TPSA) is 59.6 Å². The third-order valence-corrected chi connectivity index (χ3v) is 1.83. The Labute approximate surface area is 99.8 Å². The molecule has 0 aliphatic heterocycles. The number of allylic oxidation sites excluding steroid dienone is 1. The summed E-state index contributed by atoms with van der Waals surface area (Å²) in [6.45, 7) is 0. The van der Waals surface area contributed by atoms with Gasteiger partial charge in [-0.2, -0.15) is 5.10 Å². The largest absolute Gasteiger partial charge is 0.497 e. The van der Waals surface area contributed by atoms with E-state index in [4.69, 9.17) is 10.5 Å². The molecule has 0 saturated carbocycles. The van der Waals surface area contributed by atoms with Crippen LogP contribution >= 0.6 is 12.2 Å². The maximum absolute atomic E-state index is 5.19. The average Bonchev–Trinajstić information content (AvgIpc) is 2.29. The molecule has 0 atom stereocenters. The minimum absolute atomic E-state index is 0.147. The molecule has 1 aromatic rings. The third kappa shape index (κ3) is 4.56. The van der Waals surface area contributed by atoms with E-state index < -0.39 is 0 Å². The molecule has 16 heavy (non-hydrogen) atoms. The first-order valence-corrected chi connectivity index (χ1v) is 5.02. The summed E-state index contributed by atoms with van der Waals surface area (Å²) in [6.07, 6.45) is 5.26. The van der Waals surface area contributed by atoms with Crippen molar-refractivity contribution >= 4 is 29.6 Å². The van der Waals surface area contributed by atoms with Crippen LogP contribution in [-0.4, -0.2) is 18.4 Å². The first-order chi connectivity index (χ1) is 7.72. The van der Waals surface area contributed by atoms with Gasteiger partial charge in [0.2, 0.25) is 0 Å². The van der Waals surface area contributed by atoms with Crippen LogP contribution in [0.3, 0.4) is 0 Å². The quantitative estimate of drug-likeness (QED) is 0.472. The molecule has 0 radical (unpaired) electrons. The number of methoxy groups -OCH3 is 1. The van der Waals surface area contributed by atoms with Crippen LogP contribution < -0.4 is 15.9 Å². The summed E-state index contributed by atoms with van der Waals surface area (Å²) >= 11 is 4.58. The Morgan fingerprint density at radius 1 is 1.44 bits per heavy atom. The van der Waals surface area contributed by atoms with Gasteiger partial charge in [0, 0.05) is 6.21 Å². The van der Waals surface area contributed by atoms with Crippen LogP contribution in [0.5, 0.6) is 5.75 Å². The highest BCUT2D eigenvalue weighted by atomic mass is 32.1. The van der Waals surface area contributed by atoms with Crippen molar-refractivity contribution in [2.45, 2.75) is 0 Å². The zero-order chi connectivity index (χ0) is 11.8. The Kier molecular flexibility index (Phi) is 5.01. The van der Waals surface area contributed by atoms with Crippen molar-refractivity contribution in [3.05, 3.63) is 35.9 Å². The maximum Gasteiger partial charge on any atom is 0.184 e. The fourth-order valence-corrected chi connectivity index (χ4v) is 1.07. The molecule has 0 aromatic heterocycles. The summed E-state index contributed by atoms with van der Waals surface area (Å²) < 4.78 is 5.05. The SMILES string of the molecule is COc1ccc(C=CC=NNC(N)=S)cc1. The lowest BCUT2D eigenvalue weighted by atomic mass is 10.2. The Bertz CT molecular complexity index is 398. The van der Waals surface area contributed by atoms with Gasteiger partial charge in [0.25, 0.3) is 0 Å². The van der Waals surface area contributed by atoms with Gasteiger partial charge in [-0.25, -0.2) is 0 Å². The number of hydrogen-bond acceptors (Lipinski definition) is 3. The molecule has 1 aromatic carbocycles. The van der Waals surface area contributed by atoms with Gasteiger partial charge in [-0.05, 0) is 36.0 Å². The lowest BCUT2D eigenvalue weighted by molar-refractivity contribution is 0.415. The smallest absolute Gasteiger partial charge is 0.184 e. The highest BCUT2D eigenvalue weighted by molar-refractivity contribution is 7.80. The molecule has 0 saturated heterocycles.